The van der Waals surface area contributed by atoms with Crippen molar-refractivity contribution in [1.29, 1.82) is 0 Å². The molecule has 0 aliphatic rings. The summed E-state index contributed by atoms with van der Waals surface area (Å²) < 4.78 is 41.3. The number of hydrogen-bond donors (Lipinski definition) is 0. The molecule has 2 rings (SSSR count). The second kappa shape index (κ2) is 6.88. The first-order chi connectivity index (χ1) is 10.0. The van der Waals surface area contributed by atoms with Gasteiger partial charge in [-0.3, -0.25) is 0 Å². The van der Waals surface area contributed by atoms with E-state index < -0.39 is 12.7 Å². The van der Waals surface area contributed by atoms with E-state index in [0.717, 1.165) is 5.56 Å². The van der Waals surface area contributed by atoms with Crippen molar-refractivity contribution < 1.29 is 17.9 Å². The number of halogens is 3. The van der Waals surface area contributed by atoms with E-state index in [4.69, 9.17) is 4.74 Å². The first kappa shape index (κ1) is 15.0. The van der Waals surface area contributed by atoms with Gasteiger partial charge in [0.2, 0.25) is 0 Å². The Morgan fingerprint density at radius 2 is 1.57 bits per heavy atom. The fraction of sp³-hybridized carbons (Fsp3) is 0.200. The van der Waals surface area contributed by atoms with Gasteiger partial charge in [0.1, 0.15) is 12.4 Å². The van der Waals surface area contributed by atoms with E-state index in [1.165, 1.54) is 0 Å². The first-order valence-electron chi connectivity index (χ1n) is 6.24. The van der Waals surface area contributed by atoms with Crippen molar-refractivity contribution in [2.75, 3.05) is 6.54 Å². The second-order valence-electron chi connectivity index (χ2n) is 4.28. The van der Waals surface area contributed by atoms with Crippen LogP contribution in [-0.2, 0) is 6.61 Å². The Labute approximate surface area is 120 Å². The average molecular weight is 294 g/mol. The van der Waals surface area contributed by atoms with Crippen LogP contribution in [0.1, 0.15) is 5.56 Å². The number of hydrogen-bond acceptors (Lipinski definition) is 3. The third-order valence-corrected chi connectivity index (χ3v) is 2.52. The molecule has 0 atom stereocenters. The minimum absolute atomic E-state index is 0.353. The Balaban J connectivity index is 1.87. The molecule has 0 radical (unpaired) electrons. The Kier molecular flexibility index (Phi) is 4.92. The number of alkyl halides is 3. The highest BCUT2D eigenvalue weighted by molar-refractivity contribution is 5.40. The zero-order valence-electron chi connectivity index (χ0n) is 11.0. The summed E-state index contributed by atoms with van der Waals surface area (Å²) in [5.74, 6) is 0.619. The predicted molar refractivity (Wildman–Crippen MR) is 72.7 cm³/mol. The quantitative estimate of drug-likeness (QED) is 0.721. The van der Waals surface area contributed by atoms with Gasteiger partial charge < -0.3 is 4.74 Å². The van der Waals surface area contributed by atoms with Crippen molar-refractivity contribution in [3.63, 3.8) is 0 Å². The highest BCUT2D eigenvalue weighted by Gasteiger charge is 2.26. The summed E-state index contributed by atoms with van der Waals surface area (Å²) in [5, 5.41) is 6.60. The lowest BCUT2D eigenvalue weighted by Gasteiger charge is -2.06. The van der Waals surface area contributed by atoms with Gasteiger partial charge in [0, 0.05) is 0 Å². The maximum absolute atomic E-state index is 11.9. The maximum Gasteiger partial charge on any atom is 0.409 e. The largest absolute Gasteiger partial charge is 0.489 e. The van der Waals surface area contributed by atoms with E-state index in [1.54, 1.807) is 24.3 Å². The van der Waals surface area contributed by atoms with Crippen LogP contribution < -0.4 is 4.74 Å². The van der Waals surface area contributed by atoms with Crippen LogP contribution >= 0.6 is 0 Å². The molecule has 6 heteroatoms. The summed E-state index contributed by atoms with van der Waals surface area (Å²) >= 11 is 0. The molecule has 0 saturated heterocycles. The van der Waals surface area contributed by atoms with Gasteiger partial charge in [0.05, 0.1) is 5.69 Å². The van der Waals surface area contributed by atoms with Crippen molar-refractivity contribution in [2.45, 2.75) is 12.8 Å². The highest BCUT2D eigenvalue weighted by Crippen LogP contribution is 2.21. The molecule has 0 bridgehead atoms. The Morgan fingerprint density at radius 1 is 0.905 bits per heavy atom. The monoisotopic (exact) mass is 294 g/mol. The molecule has 0 fully saturated rings. The summed E-state index contributed by atoms with van der Waals surface area (Å²) in [6, 6.07) is 16.0. The van der Waals surface area contributed by atoms with Gasteiger partial charge in [-0.05, 0) is 29.8 Å². The van der Waals surface area contributed by atoms with Crippen molar-refractivity contribution in [3.8, 4) is 5.75 Å². The van der Waals surface area contributed by atoms with Crippen LogP contribution in [0.3, 0.4) is 0 Å². The van der Waals surface area contributed by atoms with E-state index in [9.17, 15) is 13.2 Å². The van der Waals surface area contributed by atoms with Crippen LogP contribution in [0.15, 0.2) is 64.8 Å². The average Bonchev–Trinajstić information content (AvgIpc) is 2.46. The fourth-order valence-corrected chi connectivity index (χ4v) is 1.55. The van der Waals surface area contributed by atoms with Gasteiger partial charge in [-0.1, -0.05) is 30.3 Å². The fourth-order valence-electron chi connectivity index (χ4n) is 1.55. The topological polar surface area (TPSA) is 34.0 Å². The summed E-state index contributed by atoms with van der Waals surface area (Å²) in [7, 11) is 0. The van der Waals surface area contributed by atoms with Crippen LogP contribution in [0.5, 0.6) is 5.75 Å². The highest BCUT2D eigenvalue weighted by atomic mass is 19.4. The van der Waals surface area contributed by atoms with E-state index in [1.807, 2.05) is 30.3 Å². The third kappa shape index (κ3) is 5.64. The summed E-state index contributed by atoms with van der Waals surface area (Å²) in [4.78, 5) is 0. The molecule has 0 heterocycles. The van der Waals surface area contributed by atoms with Crippen molar-refractivity contribution >= 4 is 5.69 Å². The summed E-state index contributed by atoms with van der Waals surface area (Å²) in [6.45, 7) is -0.852. The number of rotatable bonds is 5. The number of ether oxygens (including phenoxy) is 1. The molecule has 110 valence electrons. The first-order valence-corrected chi connectivity index (χ1v) is 6.24. The van der Waals surface area contributed by atoms with Gasteiger partial charge in [0.25, 0.3) is 0 Å². The maximum atomic E-state index is 11.9. The van der Waals surface area contributed by atoms with Crippen molar-refractivity contribution in [1.82, 2.24) is 0 Å². The van der Waals surface area contributed by atoms with Gasteiger partial charge in [0.15, 0.2) is 6.54 Å². The van der Waals surface area contributed by atoms with Crippen LogP contribution in [0.4, 0.5) is 18.9 Å². The zero-order chi connectivity index (χ0) is 15.1. The molecular formula is C15H13F3N2O. The lowest BCUT2D eigenvalue weighted by molar-refractivity contribution is -0.119. The Morgan fingerprint density at radius 3 is 2.19 bits per heavy atom. The molecule has 0 N–H and O–H groups in total. The minimum Gasteiger partial charge on any atom is -0.489 e. The molecule has 0 spiro atoms. The molecule has 2 aromatic rings. The second-order valence-corrected chi connectivity index (χ2v) is 4.28. The van der Waals surface area contributed by atoms with Gasteiger partial charge >= 0.3 is 6.18 Å². The van der Waals surface area contributed by atoms with E-state index in [-0.39, 0.29) is 0 Å². The van der Waals surface area contributed by atoms with Gasteiger partial charge in [-0.2, -0.15) is 23.4 Å². The lowest BCUT2D eigenvalue weighted by Crippen LogP contribution is -2.10. The molecule has 21 heavy (non-hydrogen) atoms. The molecule has 0 amide bonds. The molecule has 0 aliphatic heterocycles. The van der Waals surface area contributed by atoms with Crippen molar-refractivity contribution in [2.24, 2.45) is 10.2 Å². The van der Waals surface area contributed by atoms with Gasteiger partial charge in [-0.15, -0.1) is 0 Å². The van der Waals surface area contributed by atoms with Crippen LogP contribution in [0.2, 0.25) is 0 Å². The number of azo groups is 1. The molecule has 0 aromatic heterocycles. The minimum atomic E-state index is -4.33. The number of benzene rings is 2. The van der Waals surface area contributed by atoms with E-state index in [2.05, 4.69) is 10.2 Å². The van der Waals surface area contributed by atoms with Crippen LogP contribution in [0.25, 0.3) is 0 Å². The van der Waals surface area contributed by atoms with Crippen LogP contribution in [0, 0.1) is 0 Å². The number of nitrogens with zero attached hydrogens (tertiary/aromatic N) is 2. The third-order valence-electron chi connectivity index (χ3n) is 2.52. The smallest absolute Gasteiger partial charge is 0.409 e. The molecule has 0 aliphatic carbocycles. The van der Waals surface area contributed by atoms with E-state index >= 15 is 0 Å². The normalized spacial score (nSPS) is 11.8. The SMILES string of the molecule is FC(F)(F)CN=Nc1ccc(OCc2ccccc2)cc1. The zero-order valence-corrected chi connectivity index (χ0v) is 11.0. The van der Waals surface area contributed by atoms with Crippen LogP contribution in [-0.4, -0.2) is 12.7 Å². The molecule has 2 aromatic carbocycles. The molecule has 0 unspecified atom stereocenters. The van der Waals surface area contributed by atoms with Gasteiger partial charge in [-0.25, -0.2) is 0 Å². The summed E-state index contributed by atoms with van der Waals surface area (Å²) in [5.41, 5.74) is 1.39. The Hall–Kier alpha value is -2.37. The molecule has 3 nitrogen and oxygen atoms in total. The standard InChI is InChI=1S/C15H13F3N2O/c16-15(17,18)11-19-20-13-6-8-14(9-7-13)21-10-12-4-2-1-3-5-12/h1-9H,10-11H2. The molecular weight excluding hydrogens is 281 g/mol. The lowest BCUT2D eigenvalue weighted by atomic mass is 10.2. The summed E-state index contributed by atoms with van der Waals surface area (Å²) in [6.07, 6.45) is -4.33. The Bertz CT molecular complexity index is 580. The predicted octanol–water partition coefficient (Wildman–Crippen LogP) is 4.91. The van der Waals surface area contributed by atoms with Crippen molar-refractivity contribution in [3.05, 3.63) is 60.2 Å². The van der Waals surface area contributed by atoms with E-state index in [0.29, 0.717) is 18.0 Å². The molecule has 0 saturated carbocycles.